The van der Waals surface area contributed by atoms with E-state index in [9.17, 15) is 0 Å². The van der Waals surface area contributed by atoms with Gasteiger partial charge in [0.1, 0.15) is 0 Å². The molecule has 1 aliphatic heterocycles. The van der Waals surface area contributed by atoms with Crippen molar-refractivity contribution in [1.82, 2.24) is 10.2 Å². The third kappa shape index (κ3) is 4.19. The van der Waals surface area contributed by atoms with Gasteiger partial charge in [0, 0.05) is 31.2 Å². The lowest BCUT2D eigenvalue weighted by molar-refractivity contribution is -0.0306. The van der Waals surface area contributed by atoms with Gasteiger partial charge in [-0.3, -0.25) is 4.90 Å². The van der Waals surface area contributed by atoms with Crippen molar-refractivity contribution >= 4 is 0 Å². The summed E-state index contributed by atoms with van der Waals surface area (Å²) in [4.78, 5) is 2.72. The fraction of sp³-hybridized carbons (Fsp3) is 1.00. The van der Waals surface area contributed by atoms with Gasteiger partial charge in [0.15, 0.2) is 0 Å². The molecular formula is C17H34N2O. The third-order valence-electron chi connectivity index (χ3n) is 5.09. The number of rotatable bonds is 6. The van der Waals surface area contributed by atoms with E-state index in [1.165, 1.54) is 38.8 Å². The molecule has 1 N–H and O–H groups in total. The smallest absolute Gasteiger partial charge is 0.0600 e. The molecule has 0 amide bonds. The topological polar surface area (TPSA) is 24.5 Å². The maximum absolute atomic E-state index is 5.95. The fourth-order valence-electron chi connectivity index (χ4n) is 3.40. The van der Waals surface area contributed by atoms with Gasteiger partial charge in [-0.2, -0.15) is 0 Å². The second kappa shape index (κ2) is 6.33. The first kappa shape index (κ1) is 16.3. The average Bonchev–Trinajstić information content (AvgIpc) is 3.21. The molecule has 2 rings (SSSR count). The number of ether oxygens (including phenoxy) is 1. The Labute approximate surface area is 125 Å². The Hall–Kier alpha value is -0.120. The van der Waals surface area contributed by atoms with E-state index in [0.29, 0.717) is 5.54 Å². The summed E-state index contributed by atoms with van der Waals surface area (Å²) in [6, 6.07) is 0.741. The third-order valence-corrected chi connectivity index (χ3v) is 5.09. The molecule has 1 atom stereocenters. The van der Waals surface area contributed by atoms with Gasteiger partial charge in [0.05, 0.1) is 12.2 Å². The molecule has 3 heteroatoms. The number of nitrogens with one attached hydrogen (secondary N) is 1. The second-order valence-corrected chi connectivity index (χ2v) is 7.70. The highest BCUT2D eigenvalue weighted by atomic mass is 16.5. The standard InChI is InChI=1S/C17H34N2O/c1-6-17(7-2)13-19(10-11-20-16(3,4)5)15(12-18-17)14-8-9-14/h14-15,18H,6-13H2,1-5H3. The molecule has 1 aliphatic carbocycles. The SMILES string of the molecule is CCC1(CC)CN(CCOC(C)(C)C)C(C2CC2)CN1. The van der Waals surface area contributed by atoms with Gasteiger partial charge < -0.3 is 10.1 Å². The van der Waals surface area contributed by atoms with Gasteiger partial charge in [-0.05, 0) is 52.4 Å². The molecule has 0 aromatic rings. The highest BCUT2D eigenvalue weighted by Crippen LogP contribution is 2.38. The molecular weight excluding hydrogens is 248 g/mol. The van der Waals surface area contributed by atoms with Crippen LogP contribution < -0.4 is 5.32 Å². The minimum Gasteiger partial charge on any atom is -0.375 e. The predicted octanol–water partition coefficient (Wildman–Crippen LogP) is 3.04. The Bertz CT molecular complexity index is 303. The maximum Gasteiger partial charge on any atom is 0.0600 e. The van der Waals surface area contributed by atoms with E-state index in [0.717, 1.165) is 25.1 Å². The summed E-state index contributed by atoms with van der Waals surface area (Å²) in [5, 5.41) is 3.86. The molecule has 0 spiro atoms. The van der Waals surface area contributed by atoms with Gasteiger partial charge in [-0.25, -0.2) is 0 Å². The Balaban J connectivity index is 1.92. The van der Waals surface area contributed by atoms with E-state index in [1.54, 1.807) is 0 Å². The summed E-state index contributed by atoms with van der Waals surface area (Å²) in [6.45, 7) is 15.4. The van der Waals surface area contributed by atoms with E-state index >= 15 is 0 Å². The number of hydrogen-bond acceptors (Lipinski definition) is 3. The fourth-order valence-corrected chi connectivity index (χ4v) is 3.40. The molecule has 0 aromatic heterocycles. The first-order valence-electron chi connectivity index (χ1n) is 8.52. The largest absolute Gasteiger partial charge is 0.375 e. The van der Waals surface area contributed by atoms with Crippen molar-refractivity contribution in [2.75, 3.05) is 26.2 Å². The predicted molar refractivity (Wildman–Crippen MR) is 85.1 cm³/mol. The lowest BCUT2D eigenvalue weighted by atomic mass is 9.87. The summed E-state index contributed by atoms with van der Waals surface area (Å²) in [7, 11) is 0. The zero-order valence-electron chi connectivity index (χ0n) is 14.2. The van der Waals surface area contributed by atoms with Crippen molar-refractivity contribution in [1.29, 1.82) is 0 Å². The normalized spacial score (nSPS) is 27.8. The summed E-state index contributed by atoms with van der Waals surface area (Å²) in [5.41, 5.74) is 0.308. The van der Waals surface area contributed by atoms with Gasteiger partial charge >= 0.3 is 0 Å². The molecule has 1 saturated heterocycles. The van der Waals surface area contributed by atoms with Gasteiger partial charge in [0.25, 0.3) is 0 Å². The molecule has 0 radical (unpaired) electrons. The van der Waals surface area contributed by atoms with E-state index in [4.69, 9.17) is 4.74 Å². The number of piperazine rings is 1. The van der Waals surface area contributed by atoms with Crippen molar-refractivity contribution in [3.63, 3.8) is 0 Å². The van der Waals surface area contributed by atoms with Crippen LogP contribution in [0.15, 0.2) is 0 Å². The van der Waals surface area contributed by atoms with Crippen molar-refractivity contribution < 1.29 is 4.74 Å². The van der Waals surface area contributed by atoms with Crippen LogP contribution >= 0.6 is 0 Å². The van der Waals surface area contributed by atoms with E-state index in [-0.39, 0.29) is 5.60 Å². The summed E-state index contributed by atoms with van der Waals surface area (Å²) >= 11 is 0. The molecule has 1 unspecified atom stereocenters. The van der Waals surface area contributed by atoms with Crippen LogP contribution in [0.25, 0.3) is 0 Å². The summed E-state index contributed by atoms with van der Waals surface area (Å²) in [6.07, 6.45) is 5.29. The molecule has 0 bridgehead atoms. The summed E-state index contributed by atoms with van der Waals surface area (Å²) in [5.74, 6) is 0.934. The van der Waals surface area contributed by atoms with Crippen molar-refractivity contribution in [2.24, 2.45) is 5.92 Å². The van der Waals surface area contributed by atoms with E-state index in [2.05, 4.69) is 44.8 Å². The molecule has 2 aliphatic rings. The lowest BCUT2D eigenvalue weighted by Crippen LogP contribution is -2.64. The van der Waals surface area contributed by atoms with Crippen LogP contribution in [0.1, 0.15) is 60.3 Å². The highest BCUT2D eigenvalue weighted by Gasteiger charge is 2.42. The molecule has 1 heterocycles. The Morgan fingerprint density at radius 3 is 2.35 bits per heavy atom. The van der Waals surface area contributed by atoms with Crippen LogP contribution in [0.2, 0.25) is 0 Å². The van der Waals surface area contributed by atoms with Crippen LogP contribution in [-0.4, -0.2) is 48.3 Å². The molecule has 2 fully saturated rings. The highest BCUT2D eigenvalue weighted by molar-refractivity contribution is 5.01. The van der Waals surface area contributed by atoms with Crippen molar-refractivity contribution in [3.8, 4) is 0 Å². The quantitative estimate of drug-likeness (QED) is 0.810. The van der Waals surface area contributed by atoms with Crippen molar-refractivity contribution in [3.05, 3.63) is 0 Å². The Morgan fingerprint density at radius 2 is 1.85 bits per heavy atom. The number of nitrogens with zero attached hydrogens (tertiary/aromatic N) is 1. The van der Waals surface area contributed by atoms with Gasteiger partial charge in [-0.1, -0.05) is 13.8 Å². The molecule has 118 valence electrons. The lowest BCUT2D eigenvalue weighted by Gasteiger charge is -2.48. The first-order valence-corrected chi connectivity index (χ1v) is 8.52. The van der Waals surface area contributed by atoms with Crippen LogP contribution in [0.5, 0.6) is 0 Å². The molecule has 20 heavy (non-hydrogen) atoms. The Morgan fingerprint density at radius 1 is 1.20 bits per heavy atom. The minimum absolute atomic E-state index is 0.0181. The van der Waals surface area contributed by atoms with Crippen LogP contribution in [-0.2, 0) is 4.74 Å². The molecule has 1 saturated carbocycles. The summed E-state index contributed by atoms with van der Waals surface area (Å²) < 4.78 is 5.95. The van der Waals surface area contributed by atoms with Gasteiger partial charge in [-0.15, -0.1) is 0 Å². The van der Waals surface area contributed by atoms with E-state index in [1.807, 2.05) is 0 Å². The Kier molecular flexibility index (Phi) is 5.14. The van der Waals surface area contributed by atoms with Crippen LogP contribution in [0, 0.1) is 5.92 Å². The zero-order valence-corrected chi connectivity index (χ0v) is 14.2. The average molecular weight is 282 g/mol. The van der Waals surface area contributed by atoms with Gasteiger partial charge in [0.2, 0.25) is 0 Å². The first-order chi connectivity index (χ1) is 9.39. The zero-order chi connectivity index (χ0) is 14.8. The molecule has 0 aromatic carbocycles. The van der Waals surface area contributed by atoms with Crippen molar-refractivity contribution in [2.45, 2.75) is 77.5 Å². The monoisotopic (exact) mass is 282 g/mol. The minimum atomic E-state index is -0.0181. The maximum atomic E-state index is 5.95. The number of hydrogen-bond donors (Lipinski definition) is 1. The van der Waals surface area contributed by atoms with E-state index < -0.39 is 0 Å². The molecule has 3 nitrogen and oxygen atoms in total. The van der Waals surface area contributed by atoms with Crippen LogP contribution in [0.4, 0.5) is 0 Å². The second-order valence-electron chi connectivity index (χ2n) is 7.70. The van der Waals surface area contributed by atoms with Crippen LogP contribution in [0.3, 0.4) is 0 Å².